The molecule has 4 saturated carbocycles. The van der Waals surface area contributed by atoms with E-state index in [1.165, 1.54) is 19.3 Å². The van der Waals surface area contributed by atoms with Crippen molar-refractivity contribution in [3.63, 3.8) is 0 Å². The maximum absolute atomic E-state index is 13.5. The van der Waals surface area contributed by atoms with E-state index >= 15 is 0 Å². The number of ketones is 1. The zero-order chi connectivity index (χ0) is 20.5. The lowest BCUT2D eigenvalue weighted by Crippen LogP contribution is -2.51. The van der Waals surface area contributed by atoms with Gasteiger partial charge in [0.05, 0.1) is 18.3 Å². The van der Waals surface area contributed by atoms with E-state index in [0.717, 1.165) is 57.9 Å². The van der Waals surface area contributed by atoms with Crippen LogP contribution in [0.25, 0.3) is 21.3 Å². The summed E-state index contributed by atoms with van der Waals surface area (Å²) in [6.07, 6.45) is 8.64. The van der Waals surface area contributed by atoms with Crippen LogP contribution in [0.5, 0.6) is 0 Å². The number of aromatic nitrogens is 2. The Bertz CT molecular complexity index is 1170. The van der Waals surface area contributed by atoms with Crippen LogP contribution < -0.4 is 5.56 Å². The van der Waals surface area contributed by atoms with Crippen molar-refractivity contribution in [3.8, 4) is 11.1 Å². The van der Waals surface area contributed by atoms with Crippen molar-refractivity contribution in [3.05, 3.63) is 51.9 Å². The van der Waals surface area contributed by atoms with Gasteiger partial charge in [-0.3, -0.25) is 14.2 Å². The Morgan fingerprint density at radius 1 is 1.10 bits per heavy atom. The van der Waals surface area contributed by atoms with Gasteiger partial charge in [0.2, 0.25) is 0 Å². The van der Waals surface area contributed by atoms with Gasteiger partial charge in [0.15, 0.2) is 5.78 Å². The van der Waals surface area contributed by atoms with E-state index in [1.807, 2.05) is 37.3 Å². The maximum atomic E-state index is 13.5. The van der Waals surface area contributed by atoms with Crippen LogP contribution in [-0.2, 0) is 11.3 Å². The lowest BCUT2D eigenvalue weighted by Gasteiger charge is -2.56. The average Bonchev–Trinajstić information content (AvgIpc) is 3.06. The summed E-state index contributed by atoms with van der Waals surface area (Å²) in [7, 11) is 0. The van der Waals surface area contributed by atoms with Crippen LogP contribution >= 0.6 is 11.3 Å². The highest BCUT2D eigenvalue weighted by molar-refractivity contribution is 7.19. The Kier molecular flexibility index (Phi) is 4.08. The summed E-state index contributed by atoms with van der Waals surface area (Å²) in [5.74, 6) is 2.43. The first-order chi connectivity index (χ1) is 14.5. The van der Waals surface area contributed by atoms with Crippen molar-refractivity contribution in [2.75, 3.05) is 0 Å². The minimum Gasteiger partial charge on any atom is -0.297 e. The molecule has 7 rings (SSSR count). The highest BCUT2D eigenvalue weighted by atomic mass is 32.1. The van der Waals surface area contributed by atoms with Gasteiger partial charge in [-0.25, -0.2) is 4.98 Å². The first-order valence-electron chi connectivity index (χ1n) is 11.1. The second-order valence-electron chi connectivity index (χ2n) is 9.88. The molecule has 0 unspecified atom stereocenters. The van der Waals surface area contributed by atoms with Crippen LogP contribution in [0.4, 0.5) is 0 Å². The van der Waals surface area contributed by atoms with Crippen molar-refractivity contribution in [1.82, 2.24) is 9.55 Å². The second-order valence-corrected chi connectivity index (χ2v) is 11.1. The summed E-state index contributed by atoms with van der Waals surface area (Å²) < 4.78 is 1.57. The fourth-order valence-electron chi connectivity index (χ4n) is 6.98. The molecule has 4 aliphatic rings. The molecule has 0 atom stereocenters. The quantitative estimate of drug-likeness (QED) is 0.584. The fourth-order valence-corrected chi connectivity index (χ4v) is 7.98. The summed E-state index contributed by atoms with van der Waals surface area (Å²) >= 11 is 1.55. The topological polar surface area (TPSA) is 52.0 Å². The molecule has 0 aliphatic heterocycles. The van der Waals surface area contributed by atoms with Crippen molar-refractivity contribution in [1.29, 1.82) is 0 Å². The number of benzene rings is 1. The van der Waals surface area contributed by atoms with Crippen LogP contribution in [0.3, 0.4) is 0 Å². The molecule has 0 spiro atoms. The first-order valence-corrected chi connectivity index (χ1v) is 11.9. The molecular weight excluding hydrogens is 392 g/mol. The van der Waals surface area contributed by atoms with Gasteiger partial charge < -0.3 is 0 Å². The second kappa shape index (κ2) is 6.61. The Morgan fingerprint density at radius 3 is 2.37 bits per heavy atom. The molecule has 154 valence electrons. The molecule has 2 aromatic heterocycles. The number of aryl methyl sites for hydroxylation is 1. The van der Waals surface area contributed by atoms with E-state index in [-0.39, 0.29) is 23.3 Å². The van der Waals surface area contributed by atoms with Crippen LogP contribution in [0, 0.1) is 30.1 Å². The maximum Gasteiger partial charge on any atom is 0.263 e. The number of thiophene rings is 1. The molecule has 4 aliphatic carbocycles. The number of carbonyl (C=O) groups is 1. The molecule has 2 heterocycles. The molecule has 0 saturated heterocycles. The third-order valence-electron chi connectivity index (χ3n) is 7.86. The van der Waals surface area contributed by atoms with E-state index in [0.29, 0.717) is 5.39 Å². The number of nitrogens with zero attached hydrogens (tertiary/aromatic N) is 2. The average molecular weight is 419 g/mol. The predicted molar refractivity (Wildman–Crippen MR) is 120 cm³/mol. The number of Topliss-reactive ketones (excluding diaryl/α,β-unsaturated/α-hetero) is 1. The van der Waals surface area contributed by atoms with E-state index in [4.69, 9.17) is 0 Å². The number of hydrogen-bond donors (Lipinski definition) is 0. The Hall–Kier alpha value is -2.27. The van der Waals surface area contributed by atoms with E-state index < -0.39 is 0 Å². The van der Waals surface area contributed by atoms with Gasteiger partial charge in [0, 0.05) is 15.9 Å². The minimum atomic E-state index is -0.185. The molecule has 5 heteroatoms. The highest BCUT2D eigenvalue weighted by Gasteiger charge is 2.54. The third-order valence-corrected chi connectivity index (χ3v) is 8.87. The molecule has 30 heavy (non-hydrogen) atoms. The third kappa shape index (κ3) is 2.74. The lowest BCUT2D eigenvalue weighted by atomic mass is 9.48. The molecule has 4 bridgehead atoms. The number of rotatable bonds is 4. The summed E-state index contributed by atoms with van der Waals surface area (Å²) in [5, 5.41) is 0.657. The molecule has 4 fully saturated rings. The smallest absolute Gasteiger partial charge is 0.263 e. The van der Waals surface area contributed by atoms with Crippen molar-refractivity contribution in [2.45, 2.75) is 52.0 Å². The molecule has 0 radical (unpaired) electrons. The van der Waals surface area contributed by atoms with Crippen LogP contribution in [0.15, 0.2) is 41.5 Å². The normalized spacial score (nSPS) is 29.6. The van der Waals surface area contributed by atoms with Crippen LogP contribution in [-0.4, -0.2) is 15.3 Å². The molecule has 0 amide bonds. The fraction of sp³-hybridized carbons (Fsp3) is 0.480. The van der Waals surface area contributed by atoms with Gasteiger partial charge in [-0.15, -0.1) is 11.3 Å². The molecular formula is C25H26N2O2S. The minimum absolute atomic E-state index is 0.0821. The van der Waals surface area contributed by atoms with E-state index in [1.54, 1.807) is 22.2 Å². The molecule has 4 nitrogen and oxygen atoms in total. The standard InChI is InChI=1S/C25H26N2O2S/c1-15-21(19-5-3-2-4-6-19)22-23(30-15)26-14-27(24(22)29)13-20(28)25-10-16-7-17(11-25)9-18(8-16)12-25/h2-6,14,16-18H,7-13H2,1H3. The van der Waals surface area contributed by atoms with Crippen LogP contribution in [0.1, 0.15) is 43.4 Å². The summed E-state index contributed by atoms with van der Waals surface area (Å²) in [6.45, 7) is 2.20. The number of hydrogen-bond acceptors (Lipinski definition) is 4. The highest BCUT2D eigenvalue weighted by Crippen LogP contribution is 2.60. The van der Waals surface area contributed by atoms with E-state index in [9.17, 15) is 9.59 Å². The number of fused-ring (bicyclic) bond motifs is 1. The van der Waals surface area contributed by atoms with Gasteiger partial charge in [-0.05, 0) is 68.8 Å². The van der Waals surface area contributed by atoms with Gasteiger partial charge in [-0.2, -0.15) is 0 Å². The SMILES string of the molecule is Cc1sc2ncn(CC(=O)C34CC5CC(CC(C5)C3)C4)c(=O)c2c1-c1ccccc1. The van der Waals surface area contributed by atoms with Crippen molar-refractivity contribution < 1.29 is 4.79 Å². The monoisotopic (exact) mass is 418 g/mol. The van der Waals surface area contributed by atoms with Gasteiger partial charge in [0.1, 0.15) is 4.83 Å². The molecule has 3 aromatic rings. The van der Waals surface area contributed by atoms with Gasteiger partial charge in [0.25, 0.3) is 5.56 Å². The lowest BCUT2D eigenvalue weighted by molar-refractivity contribution is -0.144. The van der Waals surface area contributed by atoms with E-state index in [2.05, 4.69) is 4.98 Å². The zero-order valence-corrected chi connectivity index (χ0v) is 18.1. The zero-order valence-electron chi connectivity index (χ0n) is 17.3. The summed E-state index contributed by atoms with van der Waals surface area (Å²) in [6, 6.07) is 10.0. The number of carbonyl (C=O) groups excluding carboxylic acids is 1. The Balaban J connectivity index is 1.39. The Labute approximate surface area is 180 Å². The Morgan fingerprint density at radius 2 is 1.73 bits per heavy atom. The van der Waals surface area contributed by atoms with Gasteiger partial charge >= 0.3 is 0 Å². The summed E-state index contributed by atoms with van der Waals surface area (Å²) in [5.41, 5.74) is 1.73. The molecule has 1 aromatic carbocycles. The van der Waals surface area contributed by atoms with Crippen molar-refractivity contribution in [2.24, 2.45) is 23.2 Å². The van der Waals surface area contributed by atoms with Gasteiger partial charge in [-0.1, -0.05) is 30.3 Å². The van der Waals surface area contributed by atoms with Crippen molar-refractivity contribution >= 4 is 27.3 Å². The largest absolute Gasteiger partial charge is 0.297 e. The summed E-state index contributed by atoms with van der Waals surface area (Å²) in [4.78, 5) is 33.4. The van der Waals surface area contributed by atoms with Crippen LogP contribution in [0.2, 0.25) is 0 Å². The predicted octanol–water partition coefficient (Wildman–Crippen LogP) is 5.22. The first kappa shape index (κ1) is 18.5. The molecule has 0 N–H and O–H groups in total.